The smallest absolute Gasteiger partial charge is 0.339 e. The van der Waals surface area contributed by atoms with Gasteiger partial charge in [-0.3, -0.25) is 4.79 Å². The van der Waals surface area contributed by atoms with Gasteiger partial charge in [0.1, 0.15) is 0 Å². The summed E-state index contributed by atoms with van der Waals surface area (Å²) in [5.41, 5.74) is 3.16. The van der Waals surface area contributed by atoms with Crippen molar-refractivity contribution in [3.63, 3.8) is 0 Å². The molecule has 0 aliphatic carbocycles. The molecule has 122 valence electrons. The average molecular weight is 315 g/mol. The van der Waals surface area contributed by atoms with E-state index >= 15 is 0 Å². The summed E-state index contributed by atoms with van der Waals surface area (Å²) in [7, 11) is 4.49. The zero-order chi connectivity index (χ0) is 16.8. The third kappa shape index (κ3) is 4.00. The van der Waals surface area contributed by atoms with Crippen molar-refractivity contribution in [1.29, 1.82) is 0 Å². The van der Waals surface area contributed by atoms with Crippen LogP contribution in [0, 0.1) is 0 Å². The van der Waals surface area contributed by atoms with Crippen LogP contribution in [0.2, 0.25) is 0 Å². The number of benzene rings is 1. The van der Waals surface area contributed by atoms with E-state index in [1.165, 1.54) is 19.8 Å². The molecular formula is C18H21NO4. The first kappa shape index (κ1) is 16.8. The summed E-state index contributed by atoms with van der Waals surface area (Å²) < 4.78 is 11.4. The fourth-order valence-electron chi connectivity index (χ4n) is 2.62. The molecular weight excluding hydrogens is 294 g/mol. The predicted molar refractivity (Wildman–Crippen MR) is 86.3 cm³/mol. The molecule has 0 unspecified atom stereocenters. The van der Waals surface area contributed by atoms with Gasteiger partial charge in [-0.1, -0.05) is 30.3 Å². The zero-order valence-corrected chi connectivity index (χ0v) is 13.7. The number of nitrogens with zero attached hydrogens (tertiary/aromatic N) is 1. The minimum absolute atomic E-state index is 0.0444. The third-order valence-electron chi connectivity index (χ3n) is 3.84. The Morgan fingerprint density at radius 1 is 1.04 bits per heavy atom. The van der Waals surface area contributed by atoms with E-state index in [1.807, 2.05) is 31.4 Å². The van der Waals surface area contributed by atoms with E-state index in [0.717, 1.165) is 12.0 Å². The predicted octanol–water partition coefficient (Wildman–Crippen LogP) is 2.31. The first-order valence-corrected chi connectivity index (χ1v) is 7.43. The number of ether oxygens (including phenoxy) is 2. The molecule has 0 amide bonds. The molecule has 0 radical (unpaired) electrons. The molecule has 0 atom stereocenters. The van der Waals surface area contributed by atoms with E-state index in [0.29, 0.717) is 17.7 Å². The van der Waals surface area contributed by atoms with Crippen LogP contribution in [0.3, 0.4) is 0 Å². The van der Waals surface area contributed by atoms with Crippen molar-refractivity contribution in [3.8, 4) is 0 Å². The summed E-state index contributed by atoms with van der Waals surface area (Å²) in [6, 6.07) is 10.1. The Balaban J connectivity index is 2.29. The maximum Gasteiger partial charge on any atom is 0.339 e. The summed E-state index contributed by atoms with van der Waals surface area (Å²) in [6.07, 6.45) is 3.44. The average Bonchev–Trinajstić information content (AvgIpc) is 2.88. The van der Waals surface area contributed by atoms with Crippen molar-refractivity contribution >= 4 is 11.9 Å². The van der Waals surface area contributed by atoms with Crippen LogP contribution < -0.4 is 0 Å². The van der Waals surface area contributed by atoms with Crippen LogP contribution in [0.4, 0.5) is 0 Å². The Labute approximate surface area is 135 Å². The lowest BCUT2D eigenvalue weighted by Crippen LogP contribution is -2.14. The molecule has 0 spiro atoms. The standard InChI is InChI=1S/C18H21NO4/c1-19-12-14(10-9-13-7-5-4-6-8-13)17(18(21)23-3)15(19)11-16(20)22-2/h4-8,12H,9-11H2,1-3H3. The second-order valence-corrected chi connectivity index (χ2v) is 5.32. The molecule has 5 heteroatoms. The van der Waals surface area contributed by atoms with E-state index in [2.05, 4.69) is 12.1 Å². The molecule has 1 heterocycles. The van der Waals surface area contributed by atoms with Gasteiger partial charge in [-0.15, -0.1) is 0 Å². The summed E-state index contributed by atoms with van der Waals surface area (Å²) >= 11 is 0. The zero-order valence-electron chi connectivity index (χ0n) is 13.7. The second-order valence-electron chi connectivity index (χ2n) is 5.32. The van der Waals surface area contributed by atoms with Gasteiger partial charge < -0.3 is 14.0 Å². The number of aryl methyl sites for hydroxylation is 3. The third-order valence-corrected chi connectivity index (χ3v) is 3.84. The first-order valence-electron chi connectivity index (χ1n) is 7.43. The Hall–Kier alpha value is -2.56. The lowest BCUT2D eigenvalue weighted by atomic mass is 10.0. The Morgan fingerprint density at radius 3 is 2.35 bits per heavy atom. The van der Waals surface area contributed by atoms with Crippen molar-refractivity contribution in [2.75, 3.05) is 14.2 Å². The van der Waals surface area contributed by atoms with Crippen LogP contribution in [0.25, 0.3) is 0 Å². The van der Waals surface area contributed by atoms with E-state index in [9.17, 15) is 9.59 Å². The number of methoxy groups -OCH3 is 2. The van der Waals surface area contributed by atoms with Gasteiger partial charge in [0, 0.05) is 18.9 Å². The van der Waals surface area contributed by atoms with Crippen LogP contribution in [-0.4, -0.2) is 30.7 Å². The summed E-state index contributed by atoms with van der Waals surface area (Å²) in [5, 5.41) is 0. The van der Waals surface area contributed by atoms with Gasteiger partial charge in [0.05, 0.1) is 26.2 Å². The molecule has 0 N–H and O–H groups in total. The van der Waals surface area contributed by atoms with Crippen molar-refractivity contribution in [1.82, 2.24) is 4.57 Å². The van der Waals surface area contributed by atoms with Gasteiger partial charge >= 0.3 is 11.9 Å². The topological polar surface area (TPSA) is 57.5 Å². The molecule has 0 saturated carbocycles. The number of aromatic nitrogens is 1. The SMILES string of the molecule is COC(=O)Cc1c(C(=O)OC)c(CCc2ccccc2)cn1C. The summed E-state index contributed by atoms with van der Waals surface area (Å²) in [4.78, 5) is 23.8. The van der Waals surface area contributed by atoms with Crippen molar-refractivity contribution in [3.05, 3.63) is 58.9 Å². The fraction of sp³-hybridized carbons (Fsp3) is 0.333. The summed E-state index contributed by atoms with van der Waals surface area (Å²) in [6.45, 7) is 0. The molecule has 0 bridgehead atoms. The fourth-order valence-corrected chi connectivity index (χ4v) is 2.62. The lowest BCUT2D eigenvalue weighted by molar-refractivity contribution is -0.139. The lowest BCUT2D eigenvalue weighted by Gasteiger charge is -2.07. The maximum atomic E-state index is 12.2. The number of rotatable bonds is 6. The van der Waals surface area contributed by atoms with Gasteiger partial charge in [-0.25, -0.2) is 4.79 Å². The van der Waals surface area contributed by atoms with Crippen LogP contribution in [0.15, 0.2) is 36.5 Å². The van der Waals surface area contributed by atoms with Gasteiger partial charge in [0.15, 0.2) is 0 Å². The molecule has 0 fully saturated rings. The largest absolute Gasteiger partial charge is 0.469 e. The molecule has 2 aromatic rings. The van der Waals surface area contributed by atoms with E-state index in [1.54, 1.807) is 4.57 Å². The van der Waals surface area contributed by atoms with Gasteiger partial charge in [0.2, 0.25) is 0 Å². The Morgan fingerprint density at radius 2 is 1.74 bits per heavy atom. The van der Waals surface area contributed by atoms with E-state index in [4.69, 9.17) is 9.47 Å². The normalized spacial score (nSPS) is 10.4. The highest BCUT2D eigenvalue weighted by molar-refractivity contribution is 5.94. The monoisotopic (exact) mass is 315 g/mol. The Kier molecular flexibility index (Phi) is 5.57. The van der Waals surface area contributed by atoms with Gasteiger partial charge in [-0.2, -0.15) is 0 Å². The molecule has 0 aliphatic rings. The second kappa shape index (κ2) is 7.63. The van der Waals surface area contributed by atoms with Crippen molar-refractivity contribution in [2.24, 2.45) is 7.05 Å². The molecule has 5 nitrogen and oxygen atoms in total. The number of carbonyl (C=O) groups excluding carboxylic acids is 2. The minimum atomic E-state index is -0.424. The van der Waals surface area contributed by atoms with Gasteiger partial charge in [0.25, 0.3) is 0 Å². The highest BCUT2D eigenvalue weighted by Crippen LogP contribution is 2.21. The van der Waals surface area contributed by atoms with Crippen LogP contribution >= 0.6 is 0 Å². The highest BCUT2D eigenvalue weighted by Gasteiger charge is 2.23. The number of carbonyl (C=O) groups is 2. The van der Waals surface area contributed by atoms with Crippen molar-refractivity contribution < 1.29 is 19.1 Å². The van der Waals surface area contributed by atoms with E-state index in [-0.39, 0.29) is 12.4 Å². The van der Waals surface area contributed by atoms with Crippen LogP contribution in [0.5, 0.6) is 0 Å². The van der Waals surface area contributed by atoms with E-state index < -0.39 is 5.97 Å². The van der Waals surface area contributed by atoms with Crippen molar-refractivity contribution in [2.45, 2.75) is 19.3 Å². The molecule has 0 saturated heterocycles. The minimum Gasteiger partial charge on any atom is -0.469 e. The maximum absolute atomic E-state index is 12.2. The molecule has 2 rings (SSSR count). The Bertz CT molecular complexity index is 689. The molecule has 1 aromatic heterocycles. The number of esters is 2. The quantitative estimate of drug-likeness (QED) is 0.768. The van der Waals surface area contributed by atoms with Crippen LogP contribution in [-0.2, 0) is 40.6 Å². The highest BCUT2D eigenvalue weighted by atomic mass is 16.5. The molecule has 0 aliphatic heterocycles. The van der Waals surface area contributed by atoms with Crippen LogP contribution in [0.1, 0.15) is 27.2 Å². The summed E-state index contributed by atoms with van der Waals surface area (Å²) in [5.74, 6) is -0.807. The van der Waals surface area contributed by atoms with Gasteiger partial charge in [-0.05, 0) is 24.0 Å². The number of hydrogen-bond donors (Lipinski definition) is 0. The number of hydrogen-bond acceptors (Lipinski definition) is 4. The molecule has 1 aromatic carbocycles. The molecule has 23 heavy (non-hydrogen) atoms. The first-order chi connectivity index (χ1) is 11.1.